The predicted octanol–water partition coefficient (Wildman–Crippen LogP) is 3.88. The normalized spacial score (nSPS) is 15.1. The first-order chi connectivity index (χ1) is 14.5. The summed E-state index contributed by atoms with van der Waals surface area (Å²) in [5.41, 5.74) is 4.14. The topological polar surface area (TPSA) is 92.3 Å². The largest absolute Gasteiger partial charge is 0.322 e. The Balaban J connectivity index is 1.52. The van der Waals surface area contributed by atoms with E-state index in [2.05, 4.69) is 15.3 Å². The van der Waals surface area contributed by atoms with E-state index in [-0.39, 0.29) is 10.8 Å². The van der Waals surface area contributed by atoms with Gasteiger partial charge in [0.1, 0.15) is 0 Å². The monoisotopic (exact) mass is 438 g/mol. The van der Waals surface area contributed by atoms with Gasteiger partial charge < -0.3 is 5.32 Å². The van der Waals surface area contributed by atoms with Gasteiger partial charge in [0.15, 0.2) is 0 Å². The highest BCUT2D eigenvalue weighted by Crippen LogP contribution is 2.27. The Bertz CT molecular complexity index is 1380. The summed E-state index contributed by atoms with van der Waals surface area (Å²) >= 11 is 1.53. The Labute approximate surface area is 177 Å². The molecule has 1 aliphatic heterocycles. The van der Waals surface area contributed by atoms with Crippen LogP contribution in [0, 0.1) is 0 Å². The zero-order chi connectivity index (χ0) is 20.7. The summed E-state index contributed by atoms with van der Waals surface area (Å²) in [7, 11) is -3.58. The highest BCUT2D eigenvalue weighted by atomic mass is 32.2. The Hall–Kier alpha value is -2.88. The van der Waals surface area contributed by atoms with E-state index in [4.69, 9.17) is 0 Å². The van der Waals surface area contributed by atoms with Crippen molar-refractivity contribution in [2.45, 2.75) is 17.7 Å². The van der Waals surface area contributed by atoms with Crippen LogP contribution in [0.3, 0.4) is 0 Å². The van der Waals surface area contributed by atoms with Crippen LogP contribution in [0.4, 0.5) is 5.69 Å². The lowest BCUT2D eigenvalue weighted by molar-refractivity contribution is 0.102. The number of nitrogens with one attached hydrogen (secondary N) is 1. The number of amides is 1. The smallest absolute Gasteiger partial charge is 0.256 e. The van der Waals surface area contributed by atoms with Crippen molar-refractivity contribution in [3.63, 3.8) is 0 Å². The van der Waals surface area contributed by atoms with Gasteiger partial charge in [0.2, 0.25) is 10.0 Å². The van der Waals surface area contributed by atoms with E-state index in [9.17, 15) is 13.2 Å². The number of carbonyl (C=O) groups is 1. The summed E-state index contributed by atoms with van der Waals surface area (Å²) in [6.07, 6.45) is 3.28. The molecule has 0 unspecified atom stereocenters. The van der Waals surface area contributed by atoms with Gasteiger partial charge in [-0.3, -0.25) is 9.78 Å². The first-order valence-corrected chi connectivity index (χ1v) is 11.9. The molecular formula is C21H18N4O3S2. The molecule has 1 N–H and O–H groups in total. The van der Waals surface area contributed by atoms with Gasteiger partial charge in [-0.15, -0.1) is 11.3 Å². The number of anilines is 1. The number of carbonyl (C=O) groups excluding carboxylic acids is 1. The molecule has 0 aliphatic carbocycles. The maximum absolute atomic E-state index is 13.0. The van der Waals surface area contributed by atoms with Gasteiger partial charge in [0.25, 0.3) is 5.91 Å². The molecule has 1 fully saturated rings. The highest BCUT2D eigenvalue weighted by Gasteiger charge is 2.27. The SMILES string of the molecule is O=C(Nc1ccc2scnc2c1)c1ccnc2ccc(S(=O)(=O)N3CCCC3)cc12. The van der Waals surface area contributed by atoms with Crippen molar-refractivity contribution in [3.8, 4) is 0 Å². The molecule has 7 nitrogen and oxygen atoms in total. The molecule has 0 atom stereocenters. The number of fused-ring (bicyclic) bond motifs is 2. The third-order valence-corrected chi connectivity index (χ3v) is 7.95. The van der Waals surface area contributed by atoms with Gasteiger partial charge >= 0.3 is 0 Å². The van der Waals surface area contributed by atoms with E-state index in [0.29, 0.717) is 35.2 Å². The summed E-state index contributed by atoms with van der Waals surface area (Å²) in [4.78, 5) is 21.7. The van der Waals surface area contributed by atoms with Gasteiger partial charge in [-0.25, -0.2) is 13.4 Å². The number of rotatable bonds is 4. The number of thiazole rings is 1. The Morgan fingerprint density at radius 2 is 1.83 bits per heavy atom. The van der Waals surface area contributed by atoms with Crippen LogP contribution in [0.1, 0.15) is 23.2 Å². The van der Waals surface area contributed by atoms with Gasteiger partial charge in [-0.1, -0.05) is 0 Å². The maximum atomic E-state index is 13.0. The fourth-order valence-corrected chi connectivity index (χ4v) is 5.90. The number of pyridine rings is 1. The lowest BCUT2D eigenvalue weighted by Crippen LogP contribution is -2.27. The average molecular weight is 439 g/mol. The van der Waals surface area contributed by atoms with E-state index in [1.165, 1.54) is 15.6 Å². The molecule has 1 amide bonds. The predicted molar refractivity (Wildman–Crippen MR) is 117 cm³/mol. The molecule has 2 aromatic heterocycles. The van der Waals surface area contributed by atoms with Gasteiger partial charge in [0.05, 0.1) is 31.7 Å². The molecule has 0 radical (unpaired) electrons. The van der Waals surface area contributed by atoms with Crippen molar-refractivity contribution in [1.82, 2.24) is 14.3 Å². The van der Waals surface area contributed by atoms with E-state index < -0.39 is 10.0 Å². The van der Waals surface area contributed by atoms with Gasteiger partial charge in [-0.05, 0) is 55.3 Å². The summed E-state index contributed by atoms with van der Waals surface area (Å²) < 4.78 is 28.4. The quantitative estimate of drug-likeness (QED) is 0.522. The average Bonchev–Trinajstić information content (AvgIpc) is 3.45. The molecule has 2 aromatic carbocycles. The Morgan fingerprint density at radius 3 is 2.67 bits per heavy atom. The minimum Gasteiger partial charge on any atom is -0.322 e. The minimum atomic E-state index is -3.58. The number of benzene rings is 2. The fourth-order valence-electron chi connectivity index (χ4n) is 3.70. The molecule has 0 spiro atoms. The van der Waals surface area contributed by atoms with Crippen LogP contribution >= 0.6 is 11.3 Å². The highest BCUT2D eigenvalue weighted by molar-refractivity contribution is 7.89. The minimum absolute atomic E-state index is 0.183. The van der Waals surface area contributed by atoms with Crippen LogP contribution < -0.4 is 5.32 Å². The van der Waals surface area contributed by atoms with Crippen LogP contribution in [0.2, 0.25) is 0 Å². The molecule has 9 heteroatoms. The van der Waals surface area contributed by atoms with Crippen molar-refractivity contribution in [2.75, 3.05) is 18.4 Å². The van der Waals surface area contributed by atoms with Crippen molar-refractivity contribution in [3.05, 3.63) is 59.7 Å². The zero-order valence-electron chi connectivity index (χ0n) is 15.9. The number of aromatic nitrogens is 2. The van der Waals surface area contributed by atoms with Crippen LogP contribution in [0.25, 0.3) is 21.1 Å². The van der Waals surface area contributed by atoms with Crippen molar-refractivity contribution in [2.24, 2.45) is 0 Å². The van der Waals surface area contributed by atoms with Crippen LogP contribution in [-0.2, 0) is 10.0 Å². The van der Waals surface area contributed by atoms with Gasteiger partial charge in [-0.2, -0.15) is 4.31 Å². The zero-order valence-corrected chi connectivity index (χ0v) is 17.5. The second kappa shape index (κ2) is 7.42. The lowest BCUT2D eigenvalue weighted by atomic mass is 10.1. The second-order valence-corrected chi connectivity index (χ2v) is 9.96. The second-order valence-electron chi connectivity index (χ2n) is 7.14. The third kappa shape index (κ3) is 3.34. The molecule has 1 saturated heterocycles. The number of nitrogens with zero attached hydrogens (tertiary/aromatic N) is 3. The molecule has 152 valence electrons. The van der Waals surface area contributed by atoms with Crippen LogP contribution in [-0.4, -0.2) is 41.7 Å². The third-order valence-electron chi connectivity index (χ3n) is 5.25. The van der Waals surface area contributed by atoms with Gasteiger partial charge in [0, 0.05) is 30.4 Å². The maximum Gasteiger partial charge on any atom is 0.256 e. The Morgan fingerprint density at radius 1 is 1.00 bits per heavy atom. The molecule has 4 aromatic rings. The van der Waals surface area contributed by atoms with E-state index >= 15 is 0 Å². The van der Waals surface area contributed by atoms with Crippen molar-refractivity contribution >= 4 is 54.1 Å². The molecule has 3 heterocycles. The summed E-state index contributed by atoms with van der Waals surface area (Å²) in [6.45, 7) is 1.06. The van der Waals surface area contributed by atoms with Crippen LogP contribution in [0.15, 0.2) is 59.1 Å². The summed E-state index contributed by atoms with van der Waals surface area (Å²) in [6, 6.07) is 11.9. The number of hydrogen-bond donors (Lipinski definition) is 1. The lowest BCUT2D eigenvalue weighted by Gasteiger charge is -2.16. The summed E-state index contributed by atoms with van der Waals surface area (Å²) in [5, 5.41) is 3.39. The summed E-state index contributed by atoms with van der Waals surface area (Å²) in [5.74, 6) is -0.326. The molecule has 0 bridgehead atoms. The first-order valence-electron chi connectivity index (χ1n) is 9.56. The first kappa shape index (κ1) is 19.1. The standard InChI is InChI=1S/C21H18N4O3S2/c26-21(24-14-3-6-20-19(11-14)23-13-29-20)16-7-8-22-18-5-4-15(12-17(16)18)30(27,28)25-9-1-2-10-25/h3-8,11-13H,1-2,9-10H2,(H,24,26). The van der Waals surface area contributed by atoms with E-state index in [0.717, 1.165) is 23.1 Å². The Kier molecular flexibility index (Phi) is 4.73. The molecule has 30 heavy (non-hydrogen) atoms. The van der Waals surface area contributed by atoms with Crippen molar-refractivity contribution < 1.29 is 13.2 Å². The molecule has 0 saturated carbocycles. The van der Waals surface area contributed by atoms with E-state index in [1.54, 1.807) is 36.0 Å². The van der Waals surface area contributed by atoms with Crippen molar-refractivity contribution in [1.29, 1.82) is 0 Å². The number of hydrogen-bond acceptors (Lipinski definition) is 6. The fraction of sp³-hybridized carbons (Fsp3) is 0.190. The number of sulfonamides is 1. The molecular weight excluding hydrogens is 420 g/mol. The van der Waals surface area contributed by atoms with Crippen LogP contribution in [0.5, 0.6) is 0 Å². The molecule has 5 rings (SSSR count). The van der Waals surface area contributed by atoms with E-state index in [1.807, 2.05) is 18.2 Å². The molecule has 1 aliphatic rings.